The van der Waals surface area contributed by atoms with Crippen LogP contribution in [0.2, 0.25) is 0 Å². The topological polar surface area (TPSA) is 104 Å². The standard InChI is InChI=1S/C30H29N5O3S/c1-35(2)20-21-10-12-24(13-11-21)33-29(23-8-4-3-5-9-23)28-26-17-25(14-15-27(26)34-30(28)36)39(37,38)32-19-22-7-6-16-31-18-22/h3-18,28,32H,19-20H2,1-2H3,(H,34,36). The minimum atomic E-state index is -3.85. The van der Waals surface area contributed by atoms with Gasteiger partial charge in [-0.15, -0.1) is 0 Å². The fraction of sp³-hybridized carbons (Fsp3) is 0.167. The van der Waals surface area contributed by atoms with Gasteiger partial charge < -0.3 is 10.2 Å². The summed E-state index contributed by atoms with van der Waals surface area (Å²) in [6.45, 7) is 0.911. The summed E-state index contributed by atoms with van der Waals surface area (Å²) in [5, 5.41) is 2.90. The normalized spacial score (nSPS) is 15.3. The van der Waals surface area contributed by atoms with Crippen molar-refractivity contribution in [2.45, 2.75) is 23.9 Å². The number of sulfonamides is 1. The van der Waals surface area contributed by atoms with E-state index in [0.29, 0.717) is 22.6 Å². The number of anilines is 1. The summed E-state index contributed by atoms with van der Waals surface area (Å²) in [6, 6.07) is 25.6. The first-order chi connectivity index (χ1) is 18.8. The molecule has 0 radical (unpaired) electrons. The summed E-state index contributed by atoms with van der Waals surface area (Å²) in [4.78, 5) is 24.4. The van der Waals surface area contributed by atoms with Crippen molar-refractivity contribution in [1.29, 1.82) is 0 Å². The van der Waals surface area contributed by atoms with Gasteiger partial charge in [0.25, 0.3) is 0 Å². The highest BCUT2D eigenvalue weighted by molar-refractivity contribution is 7.89. The predicted molar refractivity (Wildman–Crippen MR) is 153 cm³/mol. The van der Waals surface area contributed by atoms with E-state index in [1.807, 2.05) is 68.7 Å². The fourth-order valence-corrected chi connectivity index (χ4v) is 5.58. The van der Waals surface area contributed by atoms with Gasteiger partial charge in [0, 0.05) is 31.2 Å². The summed E-state index contributed by atoms with van der Waals surface area (Å²) in [5.74, 6) is -1.04. The maximum absolute atomic E-state index is 13.3. The van der Waals surface area contributed by atoms with E-state index in [2.05, 4.69) is 19.9 Å². The smallest absolute Gasteiger partial charge is 0.240 e. The van der Waals surface area contributed by atoms with Gasteiger partial charge >= 0.3 is 0 Å². The molecule has 4 aromatic rings. The number of hydrogen-bond acceptors (Lipinski definition) is 6. The van der Waals surface area contributed by atoms with Gasteiger partial charge in [0.05, 0.1) is 16.3 Å². The van der Waals surface area contributed by atoms with Gasteiger partial charge in [-0.05, 0) is 72.7 Å². The summed E-state index contributed by atoms with van der Waals surface area (Å²) >= 11 is 0. The molecule has 1 unspecified atom stereocenters. The van der Waals surface area contributed by atoms with Gasteiger partial charge in [0.2, 0.25) is 15.9 Å². The first kappa shape index (κ1) is 26.4. The van der Waals surface area contributed by atoms with Gasteiger partial charge in [0.1, 0.15) is 5.92 Å². The highest BCUT2D eigenvalue weighted by atomic mass is 32.2. The molecule has 5 rings (SSSR count). The molecule has 2 heterocycles. The quantitative estimate of drug-likeness (QED) is 0.305. The van der Waals surface area contributed by atoms with Crippen LogP contribution < -0.4 is 10.0 Å². The maximum Gasteiger partial charge on any atom is 0.240 e. The van der Waals surface area contributed by atoms with Crippen LogP contribution in [0.1, 0.15) is 28.2 Å². The van der Waals surface area contributed by atoms with Crippen LogP contribution in [0.5, 0.6) is 0 Å². The number of pyridine rings is 1. The lowest BCUT2D eigenvalue weighted by Gasteiger charge is -2.15. The Morgan fingerprint density at radius 1 is 0.974 bits per heavy atom. The van der Waals surface area contributed by atoms with E-state index in [-0.39, 0.29) is 17.3 Å². The van der Waals surface area contributed by atoms with Crippen LogP contribution in [0.15, 0.2) is 107 Å². The van der Waals surface area contributed by atoms with Crippen LogP contribution in [0.25, 0.3) is 0 Å². The number of amides is 1. The summed E-state index contributed by atoms with van der Waals surface area (Å²) in [6.07, 6.45) is 3.24. The fourth-order valence-electron chi connectivity index (χ4n) is 4.53. The number of nitrogens with one attached hydrogen (secondary N) is 2. The average Bonchev–Trinajstić information content (AvgIpc) is 3.27. The molecule has 39 heavy (non-hydrogen) atoms. The maximum atomic E-state index is 13.3. The first-order valence-corrected chi connectivity index (χ1v) is 14.0. The van der Waals surface area contributed by atoms with Crippen LogP contribution in [0, 0.1) is 0 Å². The van der Waals surface area contributed by atoms with Gasteiger partial charge in [-0.1, -0.05) is 48.5 Å². The van der Waals surface area contributed by atoms with Crippen molar-refractivity contribution in [3.8, 4) is 0 Å². The van der Waals surface area contributed by atoms with Crippen molar-refractivity contribution in [2.24, 2.45) is 4.99 Å². The Balaban J connectivity index is 1.51. The van der Waals surface area contributed by atoms with Gasteiger partial charge in [-0.25, -0.2) is 13.1 Å². The summed E-state index contributed by atoms with van der Waals surface area (Å²) in [7, 11) is 0.179. The lowest BCUT2D eigenvalue weighted by atomic mass is 9.90. The van der Waals surface area contributed by atoms with Crippen molar-refractivity contribution in [1.82, 2.24) is 14.6 Å². The molecule has 1 atom stereocenters. The van der Waals surface area contributed by atoms with Crippen molar-refractivity contribution >= 4 is 33.0 Å². The van der Waals surface area contributed by atoms with Crippen molar-refractivity contribution < 1.29 is 13.2 Å². The lowest BCUT2D eigenvalue weighted by Crippen LogP contribution is -2.24. The summed E-state index contributed by atoms with van der Waals surface area (Å²) < 4.78 is 28.9. The van der Waals surface area contributed by atoms with Gasteiger partial charge in [0.15, 0.2) is 0 Å². The molecule has 8 nitrogen and oxygen atoms in total. The Bertz CT molecular complexity index is 1600. The zero-order valence-corrected chi connectivity index (χ0v) is 22.5. The molecule has 0 aliphatic carbocycles. The van der Waals surface area contributed by atoms with Gasteiger partial charge in [-0.3, -0.25) is 14.8 Å². The van der Waals surface area contributed by atoms with E-state index < -0.39 is 15.9 Å². The highest BCUT2D eigenvalue weighted by Gasteiger charge is 2.36. The van der Waals surface area contributed by atoms with Crippen molar-refractivity contribution in [3.63, 3.8) is 0 Å². The average molecular weight is 540 g/mol. The van der Waals surface area contributed by atoms with Crippen molar-refractivity contribution in [3.05, 3.63) is 120 Å². The molecule has 9 heteroatoms. The van der Waals surface area contributed by atoms with E-state index in [9.17, 15) is 13.2 Å². The second kappa shape index (κ2) is 11.3. The largest absolute Gasteiger partial charge is 0.325 e. The van der Waals surface area contributed by atoms with Gasteiger partial charge in [-0.2, -0.15) is 0 Å². The monoisotopic (exact) mass is 539 g/mol. The third-order valence-corrected chi connectivity index (χ3v) is 7.78. The van der Waals surface area contributed by atoms with E-state index >= 15 is 0 Å². The molecule has 2 N–H and O–H groups in total. The highest BCUT2D eigenvalue weighted by Crippen LogP contribution is 2.37. The molecule has 1 aliphatic heterocycles. The van der Waals surface area contributed by atoms with Crippen LogP contribution in [0.3, 0.4) is 0 Å². The molecule has 1 aromatic heterocycles. The third-order valence-electron chi connectivity index (χ3n) is 6.38. The Labute approximate surface area is 228 Å². The zero-order chi connectivity index (χ0) is 27.4. The van der Waals surface area contributed by atoms with Crippen LogP contribution in [0.4, 0.5) is 11.4 Å². The van der Waals surface area contributed by atoms with E-state index in [0.717, 1.165) is 23.2 Å². The Morgan fingerprint density at radius 2 is 1.74 bits per heavy atom. The van der Waals surface area contributed by atoms with Crippen LogP contribution >= 0.6 is 0 Å². The number of aromatic nitrogens is 1. The molecule has 0 saturated carbocycles. The number of benzene rings is 3. The SMILES string of the molecule is CN(C)Cc1ccc(N=C(c2ccccc2)C2C(=O)Nc3ccc(S(=O)(=O)NCc4cccnc4)cc32)cc1. The predicted octanol–water partition coefficient (Wildman–Crippen LogP) is 4.48. The number of aliphatic imine (C=N–C) groups is 1. The number of carbonyl (C=O) groups excluding carboxylic acids is 1. The Kier molecular flexibility index (Phi) is 7.65. The Morgan fingerprint density at radius 3 is 2.44 bits per heavy atom. The minimum Gasteiger partial charge on any atom is -0.325 e. The second-order valence-electron chi connectivity index (χ2n) is 9.62. The molecular formula is C30H29N5O3S. The molecule has 0 spiro atoms. The molecule has 0 bridgehead atoms. The number of hydrogen-bond donors (Lipinski definition) is 2. The Hall–Kier alpha value is -4.18. The number of nitrogens with zero attached hydrogens (tertiary/aromatic N) is 3. The molecule has 1 aliphatic rings. The van der Waals surface area contributed by atoms with E-state index in [1.165, 1.54) is 6.07 Å². The molecule has 0 fully saturated rings. The van der Waals surface area contributed by atoms with Crippen molar-refractivity contribution in [2.75, 3.05) is 19.4 Å². The van der Waals surface area contributed by atoms with E-state index in [4.69, 9.17) is 4.99 Å². The molecule has 3 aromatic carbocycles. The number of carbonyl (C=O) groups is 1. The molecular weight excluding hydrogens is 510 g/mol. The molecule has 0 saturated heterocycles. The van der Waals surface area contributed by atoms with Crippen LogP contribution in [-0.2, 0) is 27.9 Å². The lowest BCUT2D eigenvalue weighted by molar-refractivity contribution is -0.115. The third kappa shape index (κ3) is 6.12. The number of rotatable bonds is 9. The second-order valence-corrected chi connectivity index (χ2v) is 11.4. The minimum absolute atomic E-state index is 0.0760. The van der Waals surface area contributed by atoms with E-state index in [1.54, 1.807) is 36.7 Å². The first-order valence-electron chi connectivity index (χ1n) is 12.5. The number of fused-ring (bicyclic) bond motifs is 1. The molecule has 198 valence electrons. The molecule has 1 amide bonds. The van der Waals surface area contributed by atoms with Crippen LogP contribution in [-0.4, -0.2) is 44.0 Å². The summed E-state index contributed by atoms with van der Waals surface area (Å²) in [5.41, 5.74) is 5.07. The zero-order valence-electron chi connectivity index (χ0n) is 21.7.